The van der Waals surface area contributed by atoms with Crippen LogP contribution in [0.5, 0.6) is 0 Å². The molecule has 0 atom stereocenters. The van der Waals surface area contributed by atoms with Crippen molar-refractivity contribution in [2.45, 2.75) is 6.54 Å². The maximum absolute atomic E-state index is 13.8. The van der Waals surface area contributed by atoms with Gasteiger partial charge >= 0.3 is 0 Å². The van der Waals surface area contributed by atoms with Crippen molar-refractivity contribution < 1.29 is 14.1 Å². The number of amides is 1. The van der Waals surface area contributed by atoms with Crippen molar-refractivity contribution in [3.63, 3.8) is 0 Å². The van der Waals surface area contributed by atoms with Gasteiger partial charge in [0.2, 0.25) is 5.95 Å². The first-order valence-electron chi connectivity index (χ1n) is 7.32. The Morgan fingerprint density at radius 2 is 2.00 bits per heavy atom. The van der Waals surface area contributed by atoms with E-state index in [2.05, 4.69) is 15.4 Å². The minimum absolute atomic E-state index is 0.0146. The van der Waals surface area contributed by atoms with Crippen LogP contribution < -0.4 is 5.32 Å². The zero-order valence-electron chi connectivity index (χ0n) is 13.1. The number of hydrogen-bond acceptors (Lipinski definition) is 5. The lowest BCUT2D eigenvalue weighted by Gasteiger charge is -2.05. The first kappa shape index (κ1) is 17.5. The van der Waals surface area contributed by atoms with Crippen molar-refractivity contribution in [2.75, 3.05) is 5.32 Å². The molecule has 0 aliphatic heterocycles. The molecule has 0 saturated carbocycles. The summed E-state index contributed by atoms with van der Waals surface area (Å²) in [5, 5.41) is 17.4. The number of nitro groups is 1. The SMILES string of the molecule is O=C(Nc1ncn(Cc2c(F)cccc2Cl)n1)c1ccc([N+](=O)[O-])cc1. The van der Waals surface area contributed by atoms with Gasteiger partial charge in [-0.05, 0) is 24.3 Å². The number of carbonyl (C=O) groups is 1. The Labute approximate surface area is 151 Å². The summed E-state index contributed by atoms with van der Waals surface area (Å²) in [6.45, 7) is 0.0475. The second-order valence-electron chi connectivity index (χ2n) is 5.22. The van der Waals surface area contributed by atoms with Gasteiger partial charge in [-0.3, -0.25) is 20.2 Å². The highest BCUT2D eigenvalue weighted by Gasteiger charge is 2.13. The summed E-state index contributed by atoms with van der Waals surface area (Å²) in [7, 11) is 0. The molecule has 8 nitrogen and oxygen atoms in total. The van der Waals surface area contributed by atoms with Gasteiger partial charge in [-0.1, -0.05) is 17.7 Å². The van der Waals surface area contributed by atoms with Crippen LogP contribution in [0.25, 0.3) is 0 Å². The number of anilines is 1. The molecule has 0 fully saturated rings. The van der Waals surface area contributed by atoms with Crippen LogP contribution in [0.2, 0.25) is 5.02 Å². The number of carbonyl (C=O) groups excluding carboxylic acids is 1. The summed E-state index contributed by atoms with van der Waals surface area (Å²) in [4.78, 5) is 26.1. The maximum Gasteiger partial charge on any atom is 0.269 e. The minimum Gasteiger partial charge on any atom is -0.289 e. The molecule has 0 unspecified atom stereocenters. The lowest BCUT2D eigenvalue weighted by Crippen LogP contribution is -2.13. The number of non-ortho nitro benzene ring substituents is 1. The fraction of sp³-hybridized carbons (Fsp3) is 0.0625. The lowest BCUT2D eigenvalue weighted by atomic mass is 10.2. The van der Waals surface area contributed by atoms with E-state index in [9.17, 15) is 19.3 Å². The number of nitrogens with zero attached hydrogens (tertiary/aromatic N) is 4. The molecule has 0 radical (unpaired) electrons. The second kappa shape index (κ2) is 7.28. The standard InChI is InChI=1S/C16H11ClFN5O3/c17-13-2-1-3-14(18)12(13)8-22-9-19-16(21-22)20-15(24)10-4-6-11(7-5-10)23(25)26/h1-7,9H,8H2,(H,20,21,24). The highest BCUT2D eigenvalue weighted by atomic mass is 35.5. The molecule has 1 N–H and O–H groups in total. The molecule has 0 saturated heterocycles. The van der Waals surface area contributed by atoms with Gasteiger partial charge in [-0.25, -0.2) is 14.1 Å². The molecule has 3 aromatic rings. The Hall–Kier alpha value is -3.33. The number of rotatable bonds is 5. The average molecular weight is 376 g/mol. The van der Waals surface area contributed by atoms with E-state index in [-0.39, 0.29) is 34.3 Å². The van der Waals surface area contributed by atoms with E-state index in [1.54, 1.807) is 6.07 Å². The van der Waals surface area contributed by atoms with Gasteiger partial charge < -0.3 is 0 Å². The third-order valence-corrected chi connectivity index (χ3v) is 3.84. The Kier molecular flexibility index (Phi) is 4.90. The summed E-state index contributed by atoms with van der Waals surface area (Å²) in [5.41, 5.74) is 0.349. The van der Waals surface area contributed by atoms with E-state index in [1.165, 1.54) is 47.4 Å². The Balaban J connectivity index is 1.70. The molecule has 0 aliphatic rings. The van der Waals surface area contributed by atoms with E-state index >= 15 is 0 Å². The van der Waals surface area contributed by atoms with Crippen LogP contribution >= 0.6 is 11.6 Å². The van der Waals surface area contributed by atoms with Gasteiger partial charge in [0.05, 0.1) is 11.5 Å². The van der Waals surface area contributed by atoms with E-state index in [1.807, 2.05) is 0 Å². The number of nitro benzene ring substituents is 1. The maximum atomic E-state index is 13.8. The Morgan fingerprint density at radius 1 is 1.27 bits per heavy atom. The zero-order chi connectivity index (χ0) is 18.7. The van der Waals surface area contributed by atoms with Crippen LogP contribution in [-0.2, 0) is 6.54 Å². The van der Waals surface area contributed by atoms with E-state index < -0.39 is 16.6 Å². The topological polar surface area (TPSA) is 103 Å². The van der Waals surface area contributed by atoms with Crippen LogP contribution in [0.3, 0.4) is 0 Å². The summed E-state index contributed by atoms with van der Waals surface area (Å²) in [6.07, 6.45) is 1.33. The lowest BCUT2D eigenvalue weighted by molar-refractivity contribution is -0.384. The van der Waals surface area contributed by atoms with Crippen molar-refractivity contribution in [1.29, 1.82) is 0 Å². The molecule has 1 aromatic heterocycles. The molecule has 26 heavy (non-hydrogen) atoms. The predicted molar refractivity (Wildman–Crippen MR) is 91.6 cm³/mol. The predicted octanol–water partition coefficient (Wildman–Crippen LogP) is 3.28. The normalized spacial score (nSPS) is 10.5. The molecule has 10 heteroatoms. The summed E-state index contributed by atoms with van der Waals surface area (Å²) >= 11 is 5.97. The van der Waals surface area contributed by atoms with Crippen LogP contribution in [-0.4, -0.2) is 25.6 Å². The highest BCUT2D eigenvalue weighted by Crippen LogP contribution is 2.20. The van der Waals surface area contributed by atoms with E-state index in [0.717, 1.165) is 0 Å². The molecule has 1 heterocycles. The molecule has 0 bridgehead atoms. The van der Waals surface area contributed by atoms with E-state index in [4.69, 9.17) is 11.6 Å². The van der Waals surface area contributed by atoms with Crippen molar-refractivity contribution in [1.82, 2.24) is 14.8 Å². The third-order valence-electron chi connectivity index (χ3n) is 3.48. The Bertz CT molecular complexity index is 954. The fourth-order valence-corrected chi connectivity index (χ4v) is 2.40. The summed E-state index contributed by atoms with van der Waals surface area (Å²) in [5.74, 6) is -0.980. The third kappa shape index (κ3) is 3.83. The monoisotopic (exact) mass is 375 g/mol. The largest absolute Gasteiger partial charge is 0.289 e. The van der Waals surface area contributed by atoms with Gasteiger partial charge in [0.1, 0.15) is 12.1 Å². The van der Waals surface area contributed by atoms with Crippen molar-refractivity contribution >= 4 is 29.1 Å². The van der Waals surface area contributed by atoms with Gasteiger partial charge in [0.15, 0.2) is 0 Å². The summed E-state index contributed by atoms with van der Waals surface area (Å²) < 4.78 is 15.1. The van der Waals surface area contributed by atoms with Crippen molar-refractivity contribution in [3.05, 3.63) is 80.9 Å². The van der Waals surface area contributed by atoms with Crippen LogP contribution in [0.15, 0.2) is 48.8 Å². The van der Waals surface area contributed by atoms with Crippen LogP contribution in [0, 0.1) is 15.9 Å². The van der Waals surface area contributed by atoms with E-state index in [0.29, 0.717) is 0 Å². The van der Waals surface area contributed by atoms with Crippen LogP contribution in [0.1, 0.15) is 15.9 Å². The van der Waals surface area contributed by atoms with Gasteiger partial charge in [0.25, 0.3) is 11.6 Å². The molecular weight excluding hydrogens is 365 g/mol. The molecular formula is C16H11ClFN5O3. The summed E-state index contributed by atoms with van der Waals surface area (Å²) in [6, 6.07) is 9.44. The van der Waals surface area contributed by atoms with Gasteiger partial charge in [0, 0.05) is 28.3 Å². The number of nitrogens with one attached hydrogen (secondary N) is 1. The van der Waals surface area contributed by atoms with Gasteiger partial charge in [-0.2, -0.15) is 0 Å². The number of hydrogen-bond donors (Lipinski definition) is 1. The molecule has 0 aliphatic carbocycles. The minimum atomic E-state index is -0.557. The molecule has 132 valence electrons. The van der Waals surface area contributed by atoms with Crippen LogP contribution in [0.4, 0.5) is 16.0 Å². The smallest absolute Gasteiger partial charge is 0.269 e. The average Bonchev–Trinajstić information content (AvgIpc) is 3.05. The molecule has 2 aromatic carbocycles. The molecule has 1 amide bonds. The fourth-order valence-electron chi connectivity index (χ4n) is 2.18. The first-order valence-corrected chi connectivity index (χ1v) is 7.70. The second-order valence-corrected chi connectivity index (χ2v) is 5.63. The number of benzene rings is 2. The van der Waals surface area contributed by atoms with Gasteiger partial charge in [-0.15, -0.1) is 5.10 Å². The first-order chi connectivity index (χ1) is 12.4. The van der Waals surface area contributed by atoms with Crippen molar-refractivity contribution in [3.8, 4) is 0 Å². The van der Waals surface area contributed by atoms with Crippen molar-refractivity contribution in [2.24, 2.45) is 0 Å². The zero-order valence-corrected chi connectivity index (χ0v) is 13.9. The highest BCUT2D eigenvalue weighted by molar-refractivity contribution is 6.31. The number of aromatic nitrogens is 3. The number of halogens is 2. The molecule has 3 rings (SSSR count). The Morgan fingerprint density at radius 3 is 2.65 bits per heavy atom. The quantitative estimate of drug-likeness (QED) is 0.544. The molecule has 0 spiro atoms.